The lowest BCUT2D eigenvalue weighted by atomic mass is 10.7. The summed E-state index contributed by atoms with van der Waals surface area (Å²) in [5.41, 5.74) is 0. The third kappa shape index (κ3) is 1.57. The minimum absolute atomic E-state index is 0.474. The van der Waals surface area contributed by atoms with Crippen LogP contribution in [0.25, 0.3) is 0 Å². The molecule has 0 aliphatic heterocycles. The van der Waals surface area contributed by atoms with Gasteiger partial charge in [-0.15, -0.1) is 0 Å². The van der Waals surface area contributed by atoms with Crippen molar-refractivity contribution in [2.75, 3.05) is 11.5 Å². The fraction of sp³-hybridized carbons (Fsp3) is 0.500. The molecule has 0 amide bonds. The Morgan fingerprint density at radius 1 is 1.40 bits per heavy atom. The third-order valence-corrected chi connectivity index (χ3v) is 3.85. The molecule has 0 saturated carbocycles. The number of aromatic nitrogens is 1. The van der Waals surface area contributed by atoms with Crippen molar-refractivity contribution in [3.05, 3.63) is 18.3 Å². The van der Waals surface area contributed by atoms with E-state index in [1.807, 2.05) is 6.20 Å². The van der Waals surface area contributed by atoms with Crippen molar-refractivity contribution in [2.45, 2.75) is 18.9 Å². The van der Waals surface area contributed by atoms with Crippen LogP contribution in [0, 0.1) is 0 Å². The van der Waals surface area contributed by atoms with Gasteiger partial charge in [0.2, 0.25) is 5.03 Å². The van der Waals surface area contributed by atoms with Crippen molar-refractivity contribution in [2.24, 2.45) is 0 Å². The number of rotatable bonds is 3. The van der Waals surface area contributed by atoms with Crippen LogP contribution in [0.5, 0.6) is 0 Å². The van der Waals surface area contributed by atoms with Crippen molar-refractivity contribution in [3.63, 3.8) is 0 Å². The van der Waals surface area contributed by atoms with Crippen LogP contribution < -0.4 is 0 Å². The molecule has 0 atom stereocenters. The molecule has 0 bridgehead atoms. The molecular weight excluding hydrogens is 142 g/mol. The molecular formula is C8H14NS+. The summed E-state index contributed by atoms with van der Waals surface area (Å²) in [6.07, 6.45) is 2.00. The maximum Gasteiger partial charge on any atom is 0.224 e. The Morgan fingerprint density at radius 2 is 2.10 bits per heavy atom. The average molecular weight is 156 g/mol. The first-order valence-corrected chi connectivity index (χ1v) is 5.25. The topological polar surface area (TPSA) is 15.8 Å². The van der Waals surface area contributed by atoms with Crippen molar-refractivity contribution in [1.29, 1.82) is 0 Å². The first kappa shape index (κ1) is 7.73. The van der Waals surface area contributed by atoms with Gasteiger partial charge in [-0.05, 0) is 19.9 Å². The van der Waals surface area contributed by atoms with Crippen LogP contribution in [0.1, 0.15) is 13.8 Å². The minimum atomic E-state index is 0.474. The number of H-pyrrole nitrogens is 1. The van der Waals surface area contributed by atoms with Crippen molar-refractivity contribution in [1.82, 2.24) is 4.98 Å². The maximum absolute atomic E-state index is 3.25. The van der Waals surface area contributed by atoms with Gasteiger partial charge in [0.15, 0.2) is 0 Å². The Balaban J connectivity index is 2.64. The Labute approximate surface area is 65.2 Å². The van der Waals surface area contributed by atoms with Crippen LogP contribution in [0.2, 0.25) is 0 Å². The molecule has 1 nitrogen and oxygen atoms in total. The van der Waals surface area contributed by atoms with E-state index < -0.39 is 0 Å². The van der Waals surface area contributed by atoms with E-state index in [2.05, 4.69) is 31.0 Å². The average Bonchev–Trinajstić information content (AvgIpc) is 2.43. The predicted molar refractivity (Wildman–Crippen MR) is 47.5 cm³/mol. The van der Waals surface area contributed by atoms with E-state index in [1.54, 1.807) is 0 Å². The second-order valence-corrected chi connectivity index (χ2v) is 4.68. The number of hydrogen-bond acceptors (Lipinski definition) is 0. The molecule has 0 spiro atoms. The molecule has 0 unspecified atom stereocenters. The Hall–Kier alpha value is -0.370. The van der Waals surface area contributed by atoms with Gasteiger partial charge in [-0.2, -0.15) is 0 Å². The van der Waals surface area contributed by atoms with Crippen molar-refractivity contribution >= 4 is 10.9 Å². The van der Waals surface area contributed by atoms with Crippen LogP contribution in [-0.2, 0) is 10.9 Å². The van der Waals surface area contributed by atoms with E-state index in [0.717, 1.165) is 0 Å². The molecule has 10 heavy (non-hydrogen) atoms. The zero-order valence-electron chi connectivity index (χ0n) is 6.55. The summed E-state index contributed by atoms with van der Waals surface area (Å²) in [6.45, 7) is 4.49. The second kappa shape index (κ2) is 3.71. The molecule has 0 radical (unpaired) electrons. The van der Waals surface area contributed by atoms with E-state index in [1.165, 1.54) is 16.5 Å². The van der Waals surface area contributed by atoms with Gasteiger partial charge < -0.3 is 4.98 Å². The number of nitrogens with one attached hydrogen (secondary N) is 1. The molecule has 1 aromatic heterocycles. The standard InChI is InChI=1S/C8H14NS/c1-3-10(4-2)8-6-5-7-9-8/h5-7,9H,3-4H2,1-2H3/q+1. The quantitative estimate of drug-likeness (QED) is 0.645. The molecule has 0 aliphatic carbocycles. The highest BCUT2D eigenvalue weighted by Gasteiger charge is 2.16. The van der Waals surface area contributed by atoms with Crippen LogP contribution >= 0.6 is 0 Å². The fourth-order valence-corrected chi connectivity index (χ4v) is 2.54. The highest BCUT2D eigenvalue weighted by atomic mass is 32.2. The lowest BCUT2D eigenvalue weighted by Crippen LogP contribution is -2.08. The number of aromatic amines is 1. The van der Waals surface area contributed by atoms with E-state index >= 15 is 0 Å². The largest absolute Gasteiger partial charge is 0.323 e. The molecule has 0 aromatic carbocycles. The molecule has 0 aliphatic rings. The van der Waals surface area contributed by atoms with Gasteiger partial charge in [-0.25, -0.2) is 0 Å². The normalized spacial score (nSPS) is 10.7. The summed E-state index contributed by atoms with van der Waals surface area (Å²) in [7, 11) is 0.474. The molecule has 2 heteroatoms. The Kier molecular flexibility index (Phi) is 2.87. The fourth-order valence-electron chi connectivity index (χ4n) is 1.01. The van der Waals surface area contributed by atoms with Gasteiger partial charge >= 0.3 is 0 Å². The highest BCUT2D eigenvalue weighted by molar-refractivity contribution is 7.96. The zero-order valence-corrected chi connectivity index (χ0v) is 7.37. The summed E-state index contributed by atoms with van der Waals surface area (Å²) in [5.74, 6) is 2.52. The molecule has 1 rings (SSSR count). The van der Waals surface area contributed by atoms with Gasteiger partial charge in [0.25, 0.3) is 0 Å². The van der Waals surface area contributed by atoms with Gasteiger partial charge in [-0.3, -0.25) is 0 Å². The SMILES string of the molecule is CC[S+](CC)c1ccc[nH]1. The van der Waals surface area contributed by atoms with E-state index in [4.69, 9.17) is 0 Å². The van der Waals surface area contributed by atoms with E-state index in [0.29, 0.717) is 10.9 Å². The zero-order chi connectivity index (χ0) is 7.40. The van der Waals surface area contributed by atoms with E-state index in [-0.39, 0.29) is 0 Å². The smallest absolute Gasteiger partial charge is 0.224 e. The number of hydrogen-bond donors (Lipinski definition) is 1. The van der Waals surface area contributed by atoms with Gasteiger partial charge in [0.05, 0.1) is 0 Å². The van der Waals surface area contributed by atoms with Crippen molar-refractivity contribution in [3.8, 4) is 0 Å². The molecule has 0 fully saturated rings. The molecule has 1 N–H and O–H groups in total. The van der Waals surface area contributed by atoms with Gasteiger partial charge in [-0.1, -0.05) is 0 Å². The maximum atomic E-state index is 3.25. The summed E-state index contributed by atoms with van der Waals surface area (Å²) in [6, 6.07) is 4.25. The Morgan fingerprint density at radius 3 is 2.50 bits per heavy atom. The molecule has 56 valence electrons. The van der Waals surface area contributed by atoms with Crippen LogP contribution in [-0.4, -0.2) is 16.5 Å². The summed E-state index contributed by atoms with van der Waals surface area (Å²) < 4.78 is 0. The first-order valence-electron chi connectivity index (χ1n) is 3.69. The summed E-state index contributed by atoms with van der Waals surface area (Å²) in [4.78, 5) is 3.25. The van der Waals surface area contributed by atoms with Gasteiger partial charge in [0, 0.05) is 23.2 Å². The highest BCUT2D eigenvalue weighted by Crippen LogP contribution is 2.09. The Bertz CT molecular complexity index is 165. The molecule has 0 saturated heterocycles. The van der Waals surface area contributed by atoms with Gasteiger partial charge in [0.1, 0.15) is 11.5 Å². The molecule has 1 aromatic rings. The lowest BCUT2D eigenvalue weighted by Gasteiger charge is -1.97. The van der Waals surface area contributed by atoms with Crippen molar-refractivity contribution < 1.29 is 0 Å². The minimum Gasteiger partial charge on any atom is -0.323 e. The van der Waals surface area contributed by atoms with Crippen LogP contribution in [0.4, 0.5) is 0 Å². The third-order valence-electron chi connectivity index (χ3n) is 1.58. The predicted octanol–water partition coefficient (Wildman–Crippen LogP) is 2.03. The second-order valence-electron chi connectivity index (χ2n) is 2.10. The van der Waals surface area contributed by atoms with E-state index in [9.17, 15) is 0 Å². The van der Waals surface area contributed by atoms with Crippen LogP contribution in [0.15, 0.2) is 23.4 Å². The summed E-state index contributed by atoms with van der Waals surface area (Å²) >= 11 is 0. The summed E-state index contributed by atoms with van der Waals surface area (Å²) in [5, 5.41) is 1.41. The lowest BCUT2D eigenvalue weighted by molar-refractivity contribution is 1.18. The van der Waals surface area contributed by atoms with Crippen LogP contribution in [0.3, 0.4) is 0 Å². The monoisotopic (exact) mass is 156 g/mol. The molecule has 1 heterocycles. The first-order chi connectivity index (χ1) is 4.88.